The Bertz CT molecular complexity index is 1780. The van der Waals surface area contributed by atoms with Crippen LogP contribution in [-0.4, -0.2) is 238 Å². The number of hydrogen-bond acceptors (Lipinski definition) is 16. The average Bonchev–Trinajstić information content (AvgIpc) is 4.03. The van der Waals surface area contributed by atoms with Crippen LogP contribution in [0.15, 0.2) is 121 Å². The molecule has 0 amide bonds. The molecule has 4 N–H and O–H groups in total. The van der Waals surface area contributed by atoms with Gasteiger partial charge in [0, 0.05) is 22.6 Å². The van der Waals surface area contributed by atoms with Crippen molar-refractivity contribution in [2.24, 2.45) is 0 Å². The molecule has 2 aliphatic rings. The Hall–Kier alpha value is -2.90. The van der Waals surface area contributed by atoms with E-state index < -0.39 is 15.8 Å². The van der Waals surface area contributed by atoms with E-state index in [4.69, 9.17) is 56.8 Å². The summed E-state index contributed by atoms with van der Waals surface area (Å²) in [6.07, 6.45) is 4.41. The van der Waals surface area contributed by atoms with Crippen LogP contribution in [0.1, 0.15) is 22.3 Å². The van der Waals surface area contributed by atoms with Crippen LogP contribution >= 0.6 is 15.8 Å². The van der Waals surface area contributed by atoms with Gasteiger partial charge in [0.05, 0.1) is 183 Å². The Morgan fingerprint density at radius 3 is 0.637 bits per heavy atom. The molecule has 2 heterocycles. The summed E-state index contributed by atoms with van der Waals surface area (Å²) in [6, 6.07) is 43.2. The highest BCUT2D eigenvalue weighted by Gasteiger charge is 2.54. The quantitative estimate of drug-likeness (QED) is 0.0295. The molecule has 2 fully saturated rings. The van der Waals surface area contributed by atoms with E-state index in [-0.39, 0.29) is 99.9 Å². The monoisotopic (exact) mass is 1150 g/mol. The molecule has 1 unspecified atom stereocenters. The summed E-state index contributed by atoms with van der Waals surface area (Å²) >= 11 is 0. The highest BCUT2D eigenvalue weighted by Crippen LogP contribution is 2.65. The van der Waals surface area contributed by atoms with E-state index in [0.717, 1.165) is 38.0 Å². The van der Waals surface area contributed by atoms with Gasteiger partial charge in [0.15, 0.2) is 0 Å². The zero-order valence-electron chi connectivity index (χ0n) is 47.0. The van der Waals surface area contributed by atoms with E-state index >= 15 is 0 Å². The molecule has 0 bridgehead atoms. The van der Waals surface area contributed by atoms with Crippen molar-refractivity contribution in [1.29, 1.82) is 0 Å². The molecule has 18 heteroatoms. The fourth-order valence-electron chi connectivity index (χ4n) is 10.7. The first-order valence-corrected chi connectivity index (χ1v) is 32.2. The van der Waals surface area contributed by atoms with Crippen LogP contribution in [0.3, 0.4) is 0 Å². The molecule has 6 rings (SSSR count). The molecule has 4 aromatic rings. The van der Waals surface area contributed by atoms with Crippen LogP contribution in [0.25, 0.3) is 0 Å². The van der Waals surface area contributed by atoms with Crippen LogP contribution in [0, 0.1) is 0 Å². The van der Waals surface area contributed by atoms with Gasteiger partial charge in [0.2, 0.25) is 0 Å². The van der Waals surface area contributed by atoms with Gasteiger partial charge in [-0.1, -0.05) is 137 Å². The minimum Gasteiger partial charge on any atom is -0.394 e. The normalized spacial score (nSPS) is 22.9. The van der Waals surface area contributed by atoms with Crippen LogP contribution < -0.4 is 0 Å². The Morgan fingerprint density at radius 2 is 0.438 bits per heavy atom. The van der Waals surface area contributed by atoms with Crippen LogP contribution in [0.4, 0.5) is 0 Å². The van der Waals surface area contributed by atoms with Gasteiger partial charge in [0.25, 0.3) is 0 Å². The number of aliphatic hydroxyl groups is 4. The summed E-state index contributed by atoms with van der Waals surface area (Å²) < 4.78 is 74.6. The molecule has 0 aliphatic carbocycles. The Morgan fingerprint density at radius 1 is 0.250 bits per heavy atom. The van der Waals surface area contributed by atoms with Crippen molar-refractivity contribution in [3.63, 3.8) is 0 Å². The number of hydrogen-bond donors (Lipinski definition) is 4. The lowest BCUT2D eigenvalue weighted by Crippen LogP contribution is -2.40. The Balaban J connectivity index is 1.36. The van der Waals surface area contributed by atoms with E-state index in [9.17, 15) is 20.4 Å². The van der Waals surface area contributed by atoms with Crippen LogP contribution in [0.2, 0.25) is 0 Å². The van der Waals surface area contributed by atoms with Crippen LogP contribution in [0.5, 0.6) is 0 Å². The maximum absolute atomic E-state index is 9.22. The summed E-state index contributed by atoms with van der Waals surface area (Å²) in [4.78, 5) is 0. The predicted octanol–water partition coefficient (Wildman–Crippen LogP) is 6.07. The summed E-state index contributed by atoms with van der Waals surface area (Å²) in [5.41, 5.74) is 5.68. The van der Waals surface area contributed by atoms with Gasteiger partial charge in [-0.05, 0) is 60.3 Å². The van der Waals surface area contributed by atoms with E-state index in [1.165, 1.54) is 22.3 Å². The summed E-state index contributed by atoms with van der Waals surface area (Å²) in [7, 11) is -1.59. The minimum absolute atomic E-state index is 0.0317. The molecule has 446 valence electrons. The van der Waals surface area contributed by atoms with Crippen molar-refractivity contribution in [1.82, 2.24) is 0 Å². The van der Waals surface area contributed by atoms with E-state index in [1.807, 2.05) is 0 Å². The zero-order valence-corrected chi connectivity index (χ0v) is 48.8. The second-order valence-electron chi connectivity index (χ2n) is 19.6. The van der Waals surface area contributed by atoms with E-state index in [0.29, 0.717) is 106 Å². The lowest BCUT2D eigenvalue weighted by molar-refractivity contribution is -0.0909. The standard InChI is InChI=1S/C62H92O16P2/c63-21-25-67-29-33-71-37-41-75-59-55(47-51-13-5-1-6-14-51)79(56(48-52-15-7-2-8-16-52)60(59)76-42-38-72-34-30-68-26-22-64)45-46-80-57(49-53-17-9-3-10-18-53)61(77-43-39-73-35-31-69-27-23-65)62(58(80)50-54-19-11-4-12-20-54)78-44-40-74-36-32-70-28-24-66/h1-20,55-66H,21-50H2/t55-,56-,57-,58-,59-,60+,61+,62+,79?/m0/s1. The molecule has 0 radical (unpaired) electrons. The highest BCUT2D eigenvalue weighted by molar-refractivity contribution is 7.63. The lowest BCUT2D eigenvalue weighted by Gasteiger charge is -2.32. The summed E-state index contributed by atoms with van der Waals surface area (Å²) in [5.74, 6) is 0. The first-order chi connectivity index (χ1) is 39.6. The third kappa shape index (κ3) is 24.4. The maximum Gasteiger partial charge on any atom is 0.0914 e. The van der Waals surface area contributed by atoms with Crippen molar-refractivity contribution >= 4 is 15.8 Å². The summed E-state index contributed by atoms with van der Waals surface area (Å²) in [6.45, 7) is 7.25. The number of benzene rings is 4. The molecule has 0 saturated carbocycles. The smallest absolute Gasteiger partial charge is 0.0914 e. The largest absolute Gasteiger partial charge is 0.394 e. The first kappa shape index (κ1) is 66.2. The SMILES string of the molecule is OCCOCCOCCO[C@@H]1[C@H](OCCOCCOCCO)[C@H](Cc2ccccc2)P(CCP2[C@@H](Cc3ccccc3)[C@@H](OCCOCCOCCO)[C@H](OCCOCCOCCO)[C@@H]2Cc2ccccc2)[C@H]1Cc1ccccc1. The fraction of sp³-hybridized carbons (Fsp3) is 0.613. The molecule has 4 aromatic carbocycles. The second-order valence-corrected chi connectivity index (χ2v) is 25.2. The van der Waals surface area contributed by atoms with Gasteiger partial charge in [-0.3, -0.25) is 0 Å². The third-order valence-corrected chi connectivity index (χ3v) is 21.4. The number of ether oxygens (including phenoxy) is 12. The fourth-order valence-corrected chi connectivity index (χ4v) is 19.2. The Kier molecular flexibility index (Phi) is 34.8. The predicted molar refractivity (Wildman–Crippen MR) is 313 cm³/mol. The van der Waals surface area contributed by atoms with Crippen LogP contribution in [-0.2, 0) is 82.5 Å². The van der Waals surface area contributed by atoms with Crippen molar-refractivity contribution < 1.29 is 77.3 Å². The maximum atomic E-state index is 9.22. The molecular weight excluding hydrogens is 1060 g/mol. The van der Waals surface area contributed by atoms with Gasteiger partial charge < -0.3 is 77.3 Å². The molecule has 80 heavy (non-hydrogen) atoms. The van der Waals surface area contributed by atoms with Crippen molar-refractivity contribution in [2.75, 3.05) is 171 Å². The highest BCUT2D eigenvalue weighted by atomic mass is 31.1. The zero-order chi connectivity index (χ0) is 55.9. The van der Waals surface area contributed by atoms with Crippen molar-refractivity contribution in [3.05, 3.63) is 144 Å². The topological polar surface area (TPSA) is 192 Å². The molecule has 0 aromatic heterocycles. The Labute approximate surface area is 478 Å². The number of rotatable bonds is 47. The van der Waals surface area contributed by atoms with Gasteiger partial charge in [0.1, 0.15) is 0 Å². The third-order valence-electron chi connectivity index (χ3n) is 14.2. The molecular formula is C62H92O16P2. The molecule has 0 spiro atoms. The molecule has 2 saturated heterocycles. The van der Waals surface area contributed by atoms with Gasteiger partial charge >= 0.3 is 0 Å². The summed E-state index contributed by atoms with van der Waals surface area (Å²) in [5, 5.41) is 36.9. The molecule has 2 aliphatic heterocycles. The van der Waals surface area contributed by atoms with E-state index in [1.54, 1.807) is 0 Å². The second kappa shape index (κ2) is 42.0. The van der Waals surface area contributed by atoms with Gasteiger partial charge in [-0.25, -0.2) is 0 Å². The average molecular weight is 1160 g/mol. The minimum atomic E-state index is -0.793. The molecule has 9 atom stereocenters. The van der Waals surface area contributed by atoms with E-state index in [2.05, 4.69) is 121 Å². The number of aliphatic hydroxyl groups excluding tert-OH is 4. The van der Waals surface area contributed by atoms with Gasteiger partial charge in [-0.15, -0.1) is 0 Å². The first-order valence-electron chi connectivity index (χ1n) is 28.8. The van der Waals surface area contributed by atoms with Crippen molar-refractivity contribution in [3.8, 4) is 0 Å². The molecule has 16 nitrogen and oxygen atoms in total. The van der Waals surface area contributed by atoms with Gasteiger partial charge in [-0.2, -0.15) is 0 Å². The van der Waals surface area contributed by atoms with Crippen molar-refractivity contribution in [2.45, 2.75) is 72.7 Å². The lowest BCUT2D eigenvalue weighted by atomic mass is 9.98.